The van der Waals surface area contributed by atoms with E-state index in [4.69, 9.17) is 4.74 Å². The number of carbonyl (C=O) groups is 2. The van der Waals surface area contributed by atoms with Crippen molar-refractivity contribution in [1.29, 1.82) is 0 Å². The van der Waals surface area contributed by atoms with Crippen LogP contribution in [0.2, 0.25) is 0 Å². The summed E-state index contributed by atoms with van der Waals surface area (Å²) >= 11 is 0. The van der Waals surface area contributed by atoms with E-state index >= 15 is 4.39 Å². The molecule has 2 amide bonds. The fourth-order valence-electron chi connectivity index (χ4n) is 5.97. The molecule has 48 heavy (non-hydrogen) atoms. The first kappa shape index (κ1) is 34.6. The Bertz CT molecular complexity index is 1780. The van der Waals surface area contributed by atoms with E-state index in [0.29, 0.717) is 12.4 Å². The van der Waals surface area contributed by atoms with Gasteiger partial charge in [0.05, 0.1) is 17.2 Å². The largest absolute Gasteiger partial charge is 0.494 e. The van der Waals surface area contributed by atoms with Crippen molar-refractivity contribution in [3.05, 3.63) is 126 Å². The number of hydrogen-bond donors (Lipinski definition) is 1. The zero-order valence-corrected chi connectivity index (χ0v) is 28.2. The Morgan fingerprint density at radius 3 is 2.19 bits per heavy atom. The van der Waals surface area contributed by atoms with Crippen molar-refractivity contribution in [2.75, 3.05) is 17.5 Å². The second-order valence-electron chi connectivity index (χ2n) is 12.1. The lowest BCUT2D eigenvalue weighted by molar-refractivity contribution is -0.140. The average molecular weight is 672 g/mol. The maximum atomic E-state index is 15.1. The van der Waals surface area contributed by atoms with Crippen molar-refractivity contribution in [2.24, 2.45) is 0 Å². The van der Waals surface area contributed by atoms with Crippen molar-refractivity contribution in [3.8, 4) is 5.75 Å². The Kier molecular flexibility index (Phi) is 11.5. The lowest BCUT2D eigenvalue weighted by Crippen LogP contribution is -2.54. The fourth-order valence-corrected chi connectivity index (χ4v) is 7.39. The molecule has 8 nitrogen and oxygen atoms in total. The molecule has 4 aromatic rings. The number of anilines is 1. The van der Waals surface area contributed by atoms with E-state index < -0.39 is 34.3 Å². The van der Waals surface area contributed by atoms with Gasteiger partial charge in [-0.15, -0.1) is 0 Å². The standard InChI is InChI=1S/C38H42FN3O5S/c1-3-47-33-21-19-32(20-22-33)42(48(45,46)34-23-17-28(2)18-24-34)27-37(43)41(26-30-13-7-10-16-35(30)39)36(25-29-11-5-4-6-12-29)38(44)40-31-14-8-9-15-31/h4-7,10-13,16-24,31,36H,3,8-9,14-15,25-27H2,1-2H3,(H,40,44). The summed E-state index contributed by atoms with van der Waals surface area (Å²) in [7, 11) is -4.26. The summed E-state index contributed by atoms with van der Waals surface area (Å²) in [4.78, 5) is 30.0. The highest BCUT2D eigenvalue weighted by Crippen LogP contribution is 2.28. The van der Waals surface area contributed by atoms with Crippen molar-refractivity contribution < 1.29 is 27.1 Å². The van der Waals surface area contributed by atoms with E-state index in [1.54, 1.807) is 54.6 Å². The van der Waals surface area contributed by atoms with Crippen molar-refractivity contribution in [3.63, 3.8) is 0 Å². The fraction of sp³-hybridized carbons (Fsp3) is 0.316. The van der Waals surface area contributed by atoms with Crippen molar-refractivity contribution >= 4 is 27.5 Å². The van der Waals surface area contributed by atoms with E-state index in [9.17, 15) is 18.0 Å². The summed E-state index contributed by atoms with van der Waals surface area (Å²) in [6.45, 7) is 3.28. The van der Waals surface area contributed by atoms with Crippen LogP contribution in [0.5, 0.6) is 5.75 Å². The second kappa shape index (κ2) is 15.9. The maximum Gasteiger partial charge on any atom is 0.264 e. The van der Waals surface area contributed by atoms with Gasteiger partial charge in [-0.2, -0.15) is 0 Å². The summed E-state index contributed by atoms with van der Waals surface area (Å²) in [5.74, 6) is -0.983. The number of carbonyl (C=O) groups excluding carboxylic acids is 2. The van der Waals surface area contributed by atoms with Crippen LogP contribution in [0.1, 0.15) is 49.3 Å². The third-order valence-corrected chi connectivity index (χ3v) is 10.4. The summed E-state index contributed by atoms with van der Waals surface area (Å²) in [5, 5.41) is 3.13. The van der Waals surface area contributed by atoms with Crippen molar-refractivity contribution in [1.82, 2.24) is 10.2 Å². The average Bonchev–Trinajstić information content (AvgIpc) is 3.60. The van der Waals surface area contributed by atoms with Gasteiger partial charge >= 0.3 is 0 Å². The number of aryl methyl sites for hydroxylation is 1. The van der Waals surface area contributed by atoms with Gasteiger partial charge in [0.2, 0.25) is 11.8 Å². The third-order valence-electron chi connectivity index (χ3n) is 8.59. The van der Waals surface area contributed by atoms with Crippen LogP contribution >= 0.6 is 0 Å². The number of ether oxygens (including phenoxy) is 1. The highest BCUT2D eigenvalue weighted by molar-refractivity contribution is 7.92. The Labute approximate surface area is 282 Å². The first-order valence-corrected chi connectivity index (χ1v) is 17.8. The lowest BCUT2D eigenvalue weighted by atomic mass is 10.0. The molecule has 252 valence electrons. The van der Waals surface area contributed by atoms with Gasteiger partial charge in [0.25, 0.3) is 10.0 Å². The minimum atomic E-state index is -4.26. The van der Waals surface area contributed by atoms with Crippen LogP contribution in [0, 0.1) is 12.7 Å². The van der Waals surface area contributed by atoms with Gasteiger partial charge in [0, 0.05) is 24.6 Å². The third kappa shape index (κ3) is 8.60. The number of nitrogens with one attached hydrogen (secondary N) is 1. The van der Waals surface area contributed by atoms with Crippen LogP contribution in [0.15, 0.2) is 108 Å². The van der Waals surface area contributed by atoms with Crippen LogP contribution in [-0.2, 0) is 32.6 Å². The molecule has 1 fully saturated rings. The van der Waals surface area contributed by atoms with Gasteiger partial charge in [-0.05, 0) is 74.7 Å². The van der Waals surface area contributed by atoms with E-state index in [2.05, 4.69) is 5.32 Å². The van der Waals surface area contributed by atoms with Crippen LogP contribution < -0.4 is 14.4 Å². The van der Waals surface area contributed by atoms with Crippen LogP contribution in [0.3, 0.4) is 0 Å². The van der Waals surface area contributed by atoms with Crippen LogP contribution in [-0.4, -0.2) is 50.4 Å². The quantitative estimate of drug-likeness (QED) is 0.167. The normalized spacial score (nSPS) is 13.9. The molecule has 4 aromatic carbocycles. The smallest absolute Gasteiger partial charge is 0.264 e. The Balaban J connectivity index is 1.57. The molecule has 0 heterocycles. The maximum absolute atomic E-state index is 15.1. The number of nitrogens with zero attached hydrogens (tertiary/aromatic N) is 2. The summed E-state index contributed by atoms with van der Waals surface area (Å²) in [5.41, 5.74) is 2.15. The molecular formula is C38H42FN3O5S. The number of rotatable bonds is 14. The molecule has 1 N–H and O–H groups in total. The molecule has 0 aromatic heterocycles. The van der Waals surface area contributed by atoms with Gasteiger partial charge in [-0.3, -0.25) is 13.9 Å². The highest BCUT2D eigenvalue weighted by Gasteiger charge is 2.36. The topological polar surface area (TPSA) is 96.0 Å². The zero-order valence-electron chi connectivity index (χ0n) is 27.3. The Morgan fingerprint density at radius 2 is 1.54 bits per heavy atom. The Morgan fingerprint density at radius 1 is 0.896 bits per heavy atom. The van der Waals surface area contributed by atoms with Gasteiger partial charge in [-0.1, -0.05) is 79.1 Å². The number of amides is 2. The molecule has 0 aliphatic heterocycles. The number of benzene rings is 4. The second-order valence-corrected chi connectivity index (χ2v) is 13.9. The number of halogens is 1. The van der Waals surface area contributed by atoms with Gasteiger partial charge in [-0.25, -0.2) is 12.8 Å². The minimum Gasteiger partial charge on any atom is -0.494 e. The highest BCUT2D eigenvalue weighted by atomic mass is 32.2. The first-order valence-electron chi connectivity index (χ1n) is 16.3. The van der Waals surface area contributed by atoms with E-state index in [1.807, 2.05) is 44.2 Å². The van der Waals surface area contributed by atoms with E-state index in [0.717, 1.165) is 41.1 Å². The van der Waals surface area contributed by atoms with Gasteiger partial charge in [0.15, 0.2) is 0 Å². The minimum absolute atomic E-state index is 0.00949. The monoisotopic (exact) mass is 671 g/mol. The number of sulfonamides is 1. The van der Waals surface area contributed by atoms with Crippen molar-refractivity contribution in [2.45, 2.75) is 69.5 Å². The van der Waals surface area contributed by atoms with Gasteiger partial charge in [0.1, 0.15) is 24.2 Å². The molecule has 1 unspecified atom stereocenters. The van der Waals surface area contributed by atoms with E-state index in [1.165, 1.54) is 23.1 Å². The predicted octanol–water partition coefficient (Wildman–Crippen LogP) is 6.43. The molecule has 1 aliphatic carbocycles. The first-order chi connectivity index (χ1) is 23.2. The van der Waals surface area contributed by atoms with Crippen LogP contribution in [0.25, 0.3) is 0 Å². The predicted molar refractivity (Wildman–Crippen MR) is 185 cm³/mol. The lowest BCUT2D eigenvalue weighted by Gasteiger charge is -2.34. The zero-order chi connectivity index (χ0) is 34.1. The molecule has 1 aliphatic rings. The summed E-state index contributed by atoms with van der Waals surface area (Å²) in [6.07, 6.45) is 3.84. The molecule has 0 spiro atoms. The molecular weight excluding hydrogens is 629 g/mol. The molecule has 1 saturated carbocycles. The molecule has 1 atom stereocenters. The van der Waals surface area contributed by atoms with E-state index in [-0.39, 0.29) is 41.1 Å². The number of hydrogen-bond acceptors (Lipinski definition) is 5. The Hall–Kier alpha value is -4.70. The summed E-state index contributed by atoms with van der Waals surface area (Å²) in [6, 6.07) is 27.2. The molecule has 10 heteroatoms. The van der Waals surface area contributed by atoms with Gasteiger partial charge < -0.3 is 15.0 Å². The molecule has 0 bridgehead atoms. The molecule has 0 radical (unpaired) electrons. The molecule has 5 rings (SSSR count). The summed E-state index contributed by atoms with van der Waals surface area (Å²) < 4.78 is 50.2. The SMILES string of the molecule is CCOc1ccc(N(CC(=O)N(Cc2ccccc2F)C(Cc2ccccc2)C(=O)NC2CCCC2)S(=O)(=O)c2ccc(C)cc2)cc1. The molecule has 0 saturated heterocycles. The van der Waals surface area contributed by atoms with Crippen LogP contribution in [0.4, 0.5) is 10.1 Å².